The van der Waals surface area contributed by atoms with Gasteiger partial charge >= 0.3 is 5.97 Å². The maximum atomic E-state index is 13.0. The van der Waals surface area contributed by atoms with E-state index in [9.17, 15) is 14.4 Å². The summed E-state index contributed by atoms with van der Waals surface area (Å²) in [6, 6.07) is 15.8. The minimum absolute atomic E-state index is 0.159. The van der Waals surface area contributed by atoms with Gasteiger partial charge in [0.05, 0.1) is 12.3 Å². The minimum atomic E-state index is -1.15. The summed E-state index contributed by atoms with van der Waals surface area (Å²) in [4.78, 5) is 38.5. The zero-order valence-corrected chi connectivity index (χ0v) is 16.8. The molecule has 0 saturated carbocycles. The Hall–Kier alpha value is -3.00. The Balaban J connectivity index is 1.76. The molecule has 0 radical (unpaired) electrons. The molecule has 1 aliphatic heterocycles. The predicted octanol–water partition coefficient (Wildman–Crippen LogP) is 3.48. The van der Waals surface area contributed by atoms with Crippen molar-refractivity contribution < 1.29 is 23.9 Å². The van der Waals surface area contributed by atoms with Gasteiger partial charge in [-0.2, -0.15) is 0 Å². The van der Waals surface area contributed by atoms with Crippen LogP contribution in [0.15, 0.2) is 54.6 Å². The van der Waals surface area contributed by atoms with Crippen LogP contribution in [0, 0.1) is 0 Å². The molecule has 3 rings (SSSR count). The first-order chi connectivity index (χ1) is 14.1. The topological polar surface area (TPSA) is 84.9 Å². The number of ether oxygens (including phenoxy) is 2. The third-order valence-corrected chi connectivity index (χ3v) is 5.09. The number of rotatable bonds is 8. The molecule has 8 heteroatoms. The zero-order valence-electron chi connectivity index (χ0n) is 16.0. The van der Waals surface area contributed by atoms with Gasteiger partial charge in [0.15, 0.2) is 0 Å². The van der Waals surface area contributed by atoms with Crippen LogP contribution in [0.4, 0.5) is 10.5 Å². The van der Waals surface area contributed by atoms with Crippen LogP contribution in [0.5, 0.6) is 5.75 Å². The van der Waals surface area contributed by atoms with Crippen molar-refractivity contribution in [2.45, 2.75) is 13.0 Å². The van der Waals surface area contributed by atoms with Crippen molar-refractivity contribution in [3.05, 3.63) is 60.2 Å². The molecule has 0 unspecified atom stereocenters. The van der Waals surface area contributed by atoms with Gasteiger partial charge in [0.2, 0.25) is 6.10 Å². The Morgan fingerprint density at radius 2 is 1.86 bits per heavy atom. The summed E-state index contributed by atoms with van der Waals surface area (Å²) >= 11 is 1.16. The maximum Gasteiger partial charge on any atom is 0.326 e. The lowest BCUT2D eigenvalue weighted by atomic mass is 10.1. The van der Waals surface area contributed by atoms with Crippen LogP contribution in [0.25, 0.3) is 0 Å². The van der Waals surface area contributed by atoms with E-state index in [4.69, 9.17) is 9.47 Å². The van der Waals surface area contributed by atoms with Gasteiger partial charge in [-0.3, -0.25) is 14.4 Å². The molecule has 1 aliphatic rings. The van der Waals surface area contributed by atoms with Crippen LogP contribution >= 0.6 is 11.8 Å². The van der Waals surface area contributed by atoms with Gasteiger partial charge < -0.3 is 19.7 Å². The number of carbonyl (C=O) groups is 3. The quantitative estimate of drug-likeness (QED) is 0.666. The third-order valence-electron chi connectivity index (χ3n) is 4.20. The maximum absolute atomic E-state index is 13.0. The smallest absolute Gasteiger partial charge is 0.326 e. The number of amides is 2. The van der Waals surface area contributed by atoms with E-state index in [1.807, 2.05) is 13.0 Å². The zero-order chi connectivity index (χ0) is 20.6. The van der Waals surface area contributed by atoms with Crippen LogP contribution in [0.3, 0.4) is 0 Å². The van der Waals surface area contributed by atoms with Gasteiger partial charge in [0.1, 0.15) is 12.3 Å². The van der Waals surface area contributed by atoms with Crippen molar-refractivity contribution in [2.75, 3.05) is 30.8 Å². The number of benzene rings is 2. The molecule has 1 heterocycles. The lowest BCUT2D eigenvalue weighted by Gasteiger charge is -2.21. The number of hydrogen-bond acceptors (Lipinski definition) is 6. The van der Waals surface area contributed by atoms with Crippen molar-refractivity contribution in [1.82, 2.24) is 4.90 Å². The first-order valence-electron chi connectivity index (χ1n) is 9.27. The van der Waals surface area contributed by atoms with E-state index < -0.39 is 18.0 Å². The van der Waals surface area contributed by atoms with E-state index in [-0.39, 0.29) is 11.8 Å². The molecule has 0 aliphatic carbocycles. The lowest BCUT2D eigenvalue weighted by molar-refractivity contribution is -0.155. The van der Waals surface area contributed by atoms with Crippen LogP contribution < -0.4 is 10.1 Å². The second kappa shape index (κ2) is 9.97. The first-order valence-corrected chi connectivity index (χ1v) is 10.3. The van der Waals surface area contributed by atoms with Gasteiger partial charge in [-0.1, -0.05) is 54.2 Å². The molecule has 0 bridgehead atoms. The van der Waals surface area contributed by atoms with Gasteiger partial charge in [-0.15, -0.1) is 0 Å². The second-order valence-corrected chi connectivity index (χ2v) is 7.28. The second-order valence-electron chi connectivity index (χ2n) is 6.23. The fraction of sp³-hybridized carbons (Fsp3) is 0.286. The van der Waals surface area contributed by atoms with E-state index in [1.165, 1.54) is 4.90 Å². The molecule has 7 nitrogen and oxygen atoms in total. The monoisotopic (exact) mass is 414 g/mol. The van der Waals surface area contributed by atoms with Crippen molar-refractivity contribution in [1.29, 1.82) is 0 Å². The Morgan fingerprint density at radius 3 is 2.55 bits per heavy atom. The number of nitrogens with one attached hydrogen (secondary N) is 1. The van der Waals surface area contributed by atoms with Crippen molar-refractivity contribution in [3.63, 3.8) is 0 Å². The highest BCUT2D eigenvalue weighted by molar-refractivity contribution is 8.13. The normalized spacial score (nSPS) is 14.4. The van der Waals surface area contributed by atoms with Gasteiger partial charge in [0.25, 0.3) is 11.1 Å². The summed E-state index contributed by atoms with van der Waals surface area (Å²) in [5.74, 6) is 0.0334. The SMILES string of the molecule is CCOc1ccccc1NC(=O)[C@H](OC(=O)CN1CCSC1=O)c1ccccc1. The molecule has 2 amide bonds. The number of para-hydroxylation sites is 2. The van der Waals surface area contributed by atoms with Gasteiger partial charge in [-0.05, 0) is 19.1 Å². The Kier molecular flexibility index (Phi) is 7.13. The highest BCUT2D eigenvalue weighted by Gasteiger charge is 2.29. The minimum Gasteiger partial charge on any atom is -0.492 e. The number of thioether (sulfide) groups is 1. The first kappa shape index (κ1) is 20.7. The summed E-state index contributed by atoms with van der Waals surface area (Å²) in [7, 11) is 0. The third kappa shape index (κ3) is 5.51. The molecule has 0 spiro atoms. The Bertz CT molecular complexity index is 874. The summed E-state index contributed by atoms with van der Waals surface area (Å²) in [5, 5.41) is 2.62. The van der Waals surface area contributed by atoms with Gasteiger partial charge in [-0.25, -0.2) is 0 Å². The molecule has 1 fully saturated rings. The molecular formula is C21H22N2O5S. The van der Waals surface area contributed by atoms with E-state index in [0.29, 0.717) is 35.9 Å². The number of esters is 1. The summed E-state index contributed by atoms with van der Waals surface area (Å²) in [6.07, 6.45) is -1.15. The van der Waals surface area contributed by atoms with E-state index >= 15 is 0 Å². The molecule has 152 valence electrons. The molecule has 2 aromatic carbocycles. The molecule has 0 aromatic heterocycles. The van der Waals surface area contributed by atoms with Crippen LogP contribution in [0.1, 0.15) is 18.6 Å². The molecule has 1 N–H and O–H groups in total. The van der Waals surface area contributed by atoms with Crippen molar-refractivity contribution >= 4 is 34.6 Å². The summed E-state index contributed by atoms with van der Waals surface area (Å²) in [6.45, 7) is 2.61. The average molecular weight is 414 g/mol. The number of carbonyl (C=O) groups excluding carboxylic acids is 3. The van der Waals surface area contributed by atoms with Crippen LogP contribution in [0.2, 0.25) is 0 Å². The number of anilines is 1. The van der Waals surface area contributed by atoms with E-state index in [2.05, 4.69) is 5.32 Å². The standard InChI is InChI=1S/C21H22N2O5S/c1-2-27-17-11-7-6-10-16(17)22-20(25)19(15-8-4-3-5-9-15)28-18(24)14-23-12-13-29-21(23)26/h3-11,19H,2,12-14H2,1H3,(H,22,25)/t19-/m1/s1. The number of hydrogen-bond donors (Lipinski definition) is 1. The summed E-state index contributed by atoms with van der Waals surface area (Å²) in [5.41, 5.74) is 1.02. The average Bonchev–Trinajstić information content (AvgIpc) is 3.13. The Morgan fingerprint density at radius 1 is 1.14 bits per heavy atom. The van der Waals surface area contributed by atoms with Crippen molar-refractivity contribution in [2.24, 2.45) is 0 Å². The highest BCUT2D eigenvalue weighted by atomic mass is 32.2. The molecule has 1 atom stereocenters. The fourth-order valence-corrected chi connectivity index (χ4v) is 3.67. The highest BCUT2D eigenvalue weighted by Crippen LogP contribution is 2.27. The van der Waals surface area contributed by atoms with E-state index in [1.54, 1.807) is 48.5 Å². The summed E-state index contributed by atoms with van der Waals surface area (Å²) < 4.78 is 11.0. The molecule has 29 heavy (non-hydrogen) atoms. The van der Waals surface area contributed by atoms with Crippen LogP contribution in [-0.4, -0.2) is 47.5 Å². The lowest BCUT2D eigenvalue weighted by Crippen LogP contribution is -2.34. The van der Waals surface area contributed by atoms with Crippen LogP contribution in [-0.2, 0) is 14.3 Å². The van der Waals surface area contributed by atoms with Crippen molar-refractivity contribution in [3.8, 4) is 5.75 Å². The molecule has 2 aromatic rings. The Labute approximate surface area is 173 Å². The molecular weight excluding hydrogens is 392 g/mol. The van der Waals surface area contributed by atoms with Gasteiger partial charge in [0, 0.05) is 17.9 Å². The predicted molar refractivity (Wildman–Crippen MR) is 111 cm³/mol. The van der Waals surface area contributed by atoms with E-state index in [0.717, 1.165) is 11.8 Å². The number of nitrogens with zero attached hydrogens (tertiary/aromatic N) is 1. The fourth-order valence-electron chi connectivity index (χ4n) is 2.84. The largest absolute Gasteiger partial charge is 0.492 e. The molecule has 1 saturated heterocycles.